The Morgan fingerprint density at radius 1 is 1.43 bits per heavy atom. The van der Waals surface area contributed by atoms with Crippen molar-refractivity contribution in [2.24, 2.45) is 0 Å². The minimum Gasteiger partial charge on any atom is -0.396 e. The molecule has 1 aliphatic heterocycles. The molecule has 0 saturated carbocycles. The van der Waals surface area contributed by atoms with Crippen molar-refractivity contribution in [3.05, 3.63) is 17.1 Å². The maximum absolute atomic E-state index is 12.9. The molecule has 116 valence electrons. The summed E-state index contributed by atoms with van der Waals surface area (Å²) in [5.74, 6) is 0.740. The van der Waals surface area contributed by atoms with Crippen molar-refractivity contribution in [3.8, 4) is 0 Å². The van der Waals surface area contributed by atoms with Crippen LogP contribution in [0.15, 0.2) is 5.03 Å². The molecule has 0 aliphatic carbocycles. The summed E-state index contributed by atoms with van der Waals surface area (Å²) >= 11 is 1.49. The first kappa shape index (κ1) is 16.2. The summed E-state index contributed by atoms with van der Waals surface area (Å²) in [6, 6.07) is 0.236. The summed E-state index contributed by atoms with van der Waals surface area (Å²) in [5.41, 5.74) is 1.40. The van der Waals surface area contributed by atoms with Gasteiger partial charge in [0.1, 0.15) is 10.9 Å². The third-order valence-corrected chi connectivity index (χ3v) is 4.59. The molecule has 1 fully saturated rings. The molecule has 2 heterocycles. The molecule has 0 bridgehead atoms. The van der Waals surface area contributed by atoms with Crippen LogP contribution in [-0.2, 0) is 0 Å². The highest BCUT2D eigenvalue weighted by Crippen LogP contribution is 2.28. The summed E-state index contributed by atoms with van der Waals surface area (Å²) in [6.07, 6.45) is 5.59. The van der Waals surface area contributed by atoms with Crippen molar-refractivity contribution in [3.63, 3.8) is 0 Å². The molecule has 1 aromatic rings. The standard InChI is InChI=1S/C15H23N3O2S/c1-10-13(14(21-3)17-11(2)16-10)15(20)18-8-4-6-12(18)7-5-9-19/h12,19H,4-9H2,1-3H3. The van der Waals surface area contributed by atoms with Crippen molar-refractivity contribution in [2.75, 3.05) is 19.4 Å². The predicted molar refractivity (Wildman–Crippen MR) is 83.7 cm³/mol. The molecule has 1 saturated heterocycles. The van der Waals surface area contributed by atoms with E-state index in [9.17, 15) is 4.79 Å². The summed E-state index contributed by atoms with van der Waals surface area (Å²) in [7, 11) is 0. The number of carbonyl (C=O) groups is 1. The molecule has 0 radical (unpaired) electrons. The zero-order valence-corrected chi connectivity index (χ0v) is 13.7. The van der Waals surface area contributed by atoms with Gasteiger partial charge in [-0.3, -0.25) is 4.79 Å². The van der Waals surface area contributed by atoms with Crippen LogP contribution in [0.5, 0.6) is 0 Å². The lowest BCUT2D eigenvalue weighted by Crippen LogP contribution is -2.36. The van der Waals surface area contributed by atoms with Crippen LogP contribution < -0.4 is 0 Å². The van der Waals surface area contributed by atoms with Gasteiger partial charge >= 0.3 is 0 Å². The first-order valence-corrected chi connectivity index (χ1v) is 8.62. The van der Waals surface area contributed by atoms with Crippen LogP contribution >= 0.6 is 11.8 Å². The van der Waals surface area contributed by atoms with Gasteiger partial charge in [0.15, 0.2) is 0 Å². The molecule has 1 unspecified atom stereocenters. The number of aromatic nitrogens is 2. The third kappa shape index (κ3) is 3.55. The highest BCUT2D eigenvalue weighted by atomic mass is 32.2. The van der Waals surface area contributed by atoms with Crippen molar-refractivity contribution in [1.82, 2.24) is 14.9 Å². The molecule has 1 N–H and O–H groups in total. The van der Waals surface area contributed by atoms with E-state index in [4.69, 9.17) is 5.11 Å². The molecule has 5 nitrogen and oxygen atoms in total. The van der Waals surface area contributed by atoms with Gasteiger partial charge in [0.25, 0.3) is 5.91 Å². The first-order chi connectivity index (χ1) is 10.1. The van der Waals surface area contributed by atoms with Gasteiger partial charge in [-0.1, -0.05) is 0 Å². The van der Waals surface area contributed by atoms with E-state index in [2.05, 4.69) is 9.97 Å². The Kier molecular flexibility index (Phi) is 5.58. The number of carbonyl (C=O) groups excluding carboxylic acids is 1. The molecule has 21 heavy (non-hydrogen) atoms. The average Bonchev–Trinajstić information content (AvgIpc) is 2.91. The Bertz CT molecular complexity index is 522. The molecular formula is C15H23N3O2S. The first-order valence-electron chi connectivity index (χ1n) is 7.39. The number of thioether (sulfide) groups is 1. The van der Waals surface area contributed by atoms with Gasteiger partial charge in [-0.2, -0.15) is 0 Å². The Labute approximate surface area is 130 Å². The van der Waals surface area contributed by atoms with E-state index in [0.29, 0.717) is 11.4 Å². The number of rotatable bonds is 5. The quantitative estimate of drug-likeness (QED) is 0.667. The number of hydrogen-bond donors (Lipinski definition) is 1. The van der Waals surface area contributed by atoms with E-state index in [1.807, 2.05) is 25.0 Å². The molecule has 1 aromatic heterocycles. The predicted octanol–water partition coefficient (Wildman–Crippen LogP) is 2.19. The van der Waals surface area contributed by atoms with Crippen LogP contribution in [0, 0.1) is 13.8 Å². The number of aliphatic hydroxyl groups excluding tert-OH is 1. The average molecular weight is 309 g/mol. The number of nitrogens with zero attached hydrogens (tertiary/aromatic N) is 3. The van der Waals surface area contributed by atoms with Crippen LogP contribution in [-0.4, -0.2) is 51.3 Å². The molecule has 6 heteroatoms. The second kappa shape index (κ2) is 7.22. The van der Waals surface area contributed by atoms with Crippen LogP contribution in [0.2, 0.25) is 0 Å². The summed E-state index contributed by atoms with van der Waals surface area (Å²) in [6.45, 7) is 4.69. The van der Waals surface area contributed by atoms with Crippen molar-refractivity contribution < 1.29 is 9.90 Å². The Hall–Kier alpha value is -1.14. The van der Waals surface area contributed by atoms with E-state index in [0.717, 1.165) is 42.9 Å². The smallest absolute Gasteiger partial charge is 0.258 e. The van der Waals surface area contributed by atoms with Crippen molar-refractivity contribution in [1.29, 1.82) is 0 Å². The number of aliphatic hydroxyl groups is 1. The maximum atomic E-state index is 12.9. The zero-order valence-electron chi connectivity index (χ0n) is 12.9. The molecule has 0 aromatic carbocycles. The fourth-order valence-corrected chi connectivity index (χ4v) is 3.61. The van der Waals surface area contributed by atoms with Gasteiger partial charge in [-0.05, 0) is 45.8 Å². The number of amides is 1. The monoisotopic (exact) mass is 309 g/mol. The minimum atomic E-state index is 0.0392. The number of likely N-dealkylation sites (tertiary alicyclic amines) is 1. The normalized spacial score (nSPS) is 18.3. The number of aryl methyl sites for hydroxylation is 2. The highest BCUT2D eigenvalue weighted by molar-refractivity contribution is 7.98. The van der Waals surface area contributed by atoms with Gasteiger partial charge < -0.3 is 10.0 Å². The second-order valence-electron chi connectivity index (χ2n) is 5.40. The van der Waals surface area contributed by atoms with Crippen LogP contribution in [0.25, 0.3) is 0 Å². The maximum Gasteiger partial charge on any atom is 0.258 e. The zero-order chi connectivity index (χ0) is 15.4. The minimum absolute atomic E-state index is 0.0392. The second-order valence-corrected chi connectivity index (χ2v) is 6.20. The highest BCUT2D eigenvalue weighted by Gasteiger charge is 2.31. The molecule has 2 rings (SSSR count). The van der Waals surface area contributed by atoms with Gasteiger partial charge in [0, 0.05) is 19.2 Å². The van der Waals surface area contributed by atoms with E-state index in [1.165, 1.54) is 11.8 Å². The van der Waals surface area contributed by atoms with Crippen molar-refractivity contribution in [2.45, 2.75) is 50.6 Å². The SMILES string of the molecule is CSc1nc(C)nc(C)c1C(=O)N1CCCC1CCCO. The third-order valence-electron chi connectivity index (χ3n) is 3.91. The largest absolute Gasteiger partial charge is 0.396 e. The summed E-state index contributed by atoms with van der Waals surface area (Å²) in [4.78, 5) is 23.6. The Morgan fingerprint density at radius 3 is 2.86 bits per heavy atom. The van der Waals surface area contributed by atoms with Gasteiger partial charge in [0.2, 0.25) is 0 Å². The lowest BCUT2D eigenvalue weighted by Gasteiger charge is -2.25. The van der Waals surface area contributed by atoms with Gasteiger partial charge in [0.05, 0.1) is 11.3 Å². The molecule has 0 spiro atoms. The lowest BCUT2D eigenvalue weighted by atomic mass is 10.1. The topological polar surface area (TPSA) is 66.3 Å². The molecule has 1 atom stereocenters. The van der Waals surface area contributed by atoms with E-state index >= 15 is 0 Å². The fraction of sp³-hybridized carbons (Fsp3) is 0.667. The van der Waals surface area contributed by atoms with Crippen LogP contribution in [0.3, 0.4) is 0 Å². The Morgan fingerprint density at radius 2 is 2.19 bits per heavy atom. The molecule has 1 aliphatic rings. The van der Waals surface area contributed by atoms with E-state index < -0.39 is 0 Å². The van der Waals surface area contributed by atoms with Crippen LogP contribution in [0.1, 0.15) is 47.6 Å². The fourth-order valence-electron chi connectivity index (χ4n) is 2.95. The van der Waals surface area contributed by atoms with Gasteiger partial charge in [-0.15, -0.1) is 11.8 Å². The van der Waals surface area contributed by atoms with E-state index in [1.54, 1.807) is 0 Å². The number of hydrogen-bond acceptors (Lipinski definition) is 5. The van der Waals surface area contributed by atoms with E-state index in [-0.39, 0.29) is 18.6 Å². The summed E-state index contributed by atoms with van der Waals surface area (Å²) < 4.78 is 0. The van der Waals surface area contributed by atoms with Crippen molar-refractivity contribution >= 4 is 17.7 Å². The summed E-state index contributed by atoms with van der Waals surface area (Å²) in [5, 5.41) is 9.76. The Balaban J connectivity index is 2.27. The lowest BCUT2D eigenvalue weighted by molar-refractivity contribution is 0.0718. The van der Waals surface area contributed by atoms with Gasteiger partial charge in [-0.25, -0.2) is 9.97 Å². The molecular weight excluding hydrogens is 286 g/mol. The molecule has 1 amide bonds. The van der Waals surface area contributed by atoms with Crippen LogP contribution in [0.4, 0.5) is 0 Å².